The number of Topliss-reactive ketones (excluding diaryl/α,β-unsaturated/α-hetero) is 1. The Balaban J connectivity index is 2.71. The van der Waals surface area contributed by atoms with Crippen LogP contribution in [0, 0.1) is 5.41 Å². The number of hydrogen-bond acceptors (Lipinski definition) is 5. The third-order valence-electron chi connectivity index (χ3n) is 3.32. The highest BCUT2D eigenvalue weighted by molar-refractivity contribution is 7.92. The lowest BCUT2D eigenvalue weighted by molar-refractivity contribution is -0.141. The minimum atomic E-state index is -3.47. The van der Waals surface area contributed by atoms with Crippen LogP contribution in [0.1, 0.15) is 33.1 Å². The minimum Gasteiger partial charge on any atom is -0.469 e. The second-order valence-corrected chi connectivity index (χ2v) is 7.13. The van der Waals surface area contributed by atoms with Crippen molar-refractivity contribution in [3.05, 3.63) is 0 Å². The summed E-state index contributed by atoms with van der Waals surface area (Å²) in [5.74, 6) is -0.859. The Morgan fingerprint density at radius 3 is 2.24 bits per heavy atom. The molecule has 17 heavy (non-hydrogen) atoms. The quantitative estimate of drug-likeness (QED) is 0.659. The molecule has 0 amide bonds. The average Bonchev–Trinajstić information content (AvgIpc) is 2.95. The smallest absolute Gasteiger partial charge is 0.306 e. The zero-order valence-corrected chi connectivity index (χ0v) is 11.2. The Kier molecular flexibility index (Phi) is 3.96. The second-order valence-electron chi connectivity index (χ2n) is 4.81. The summed E-state index contributed by atoms with van der Waals surface area (Å²) in [6.45, 7) is 2.66. The van der Waals surface area contributed by atoms with Crippen molar-refractivity contribution in [2.24, 2.45) is 5.41 Å². The van der Waals surface area contributed by atoms with Crippen LogP contribution in [-0.4, -0.2) is 38.3 Å². The number of esters is 1. The van der Waals surface area contributed by atoms with Gasteiger partial charge in [-0.15, -0.1) is 0 Å². The van der Waals surface area contributed by atoms with Gasteiger partial charge in [0.05, 0.1) is 19.3 Å². The van der Waals surface area contributed by atoms with Crippen LogP contribution in [-0.2, 0) is 24.2 Å². The van der Waals surface area contributed by atoms with Gasteiger partial charge in [0.2, 0.25) is 0 Å². The van der Waals surface area contributed by atoms with Gasteiger partial charge in [0.25, 0.3) is 0 Å². The van der Waals surface area contributed by atoms with Gasteiger partial charge in [0, 0.05) is 0 Å². The topological polar surface area (TPSA) is 77.5 Å². The van der Waals surface area contributed by atoms with Crippen LogP contribution in [0.2, 0.25) is 0 Å². The predicted octanol–water partition coefficient (Wildman–Crippen LogP) is 0.722. The summed E-state index contributed by atoms with van der Waals surface area (Å²) in [6, 6.07) is 0. The van der Waals surface area contributed by atoms with E-state index < -0.39 is 26.5 Å². The Labute approximate surface area is 101 Å². The Hall–Kier alpha value is -0.910. The van der Waals surface area contributed by atoms with E-state index in [9.17, 15) is 18.0 Å². The fourth-order valence-electron chi connectivity index (χ4n) is 1.73. The first-order chi connectivity index (χ1) is 7.72. The zero-order chi connectivity index (χ0) is 13.3. The number of ketones is 1. The summed E-state index contributed by atoms with van der Waals surface area (Å²) < 4.78 is 28.4. The molecule has 0 aromatic rings. The number of carbonyl (C=O) groups excluding carboxylic acids is 2. The molecule has 1 atom stereocenters. The lowest BCUT2D eigenvalue weighted by Crippen LogP contribution is -2.32. The largest absolute Gasteiger partial charge is 0.469 e. The van der Waals surface area contributed by atoms with E-state index in [2.05, 4.69) is 4.74 Å². The first-order valence-corrected chi connectivity index (χ1v) is 7.23. The van der Waals surface area contributed by atoms with Gasteiger partial charge in [-0.3, -0.25) is 9.59 Å². The van der Waals surface area contributed by atoms with Gasteiger partial charge < -0.3 is 4.74 Å². The molecule has 98 valence electrons. The molecule has 0 N–H and O–H groups in total. The summed E-state index contributed by atoms with van der Waals surface area (Å²) in [5.41, 5.74) is -0.490. The van der Waals surface area contributed by atoms with Gasteiger partial charge in [-0.05, 0) is 32.1 Å². The zero-order valence-electron chi connectivity index (χ0n) is 10.4. The predicted molar refractivity (Wildman–Crippen MR) is 62.2 cm³/mol. The van der Waals surface area contributed by atoms with E-state index in [-0.39, 0.29) is 18.0 Å². The Bertz CT molecular complexity index is 419. The monoisotopic (exact) mass is 262 g/mol. The molecule has 1 fully saturated rings. The highest BCUT2D eigenvalue weighted by atomic mass is 32.2. The number of hydrogen-bond donors (Lipinski definition) is 0. The maximum atomic E-state index is 11.9. The van der Waals surface area contributed by atoms with Gasteiger partial charge in [0.1, 0.15) is 11.0 Å². The summed E-state index contributed by atoms with van der Waals surface area (Å²) in [6.07, 6.45) is 1.52. The number of methoxy groups -OCH3 is 1. The van der Waals surface area contributed by atoms with Crippen molar-refractivity contribution in [3.8, 4) is 0 Å². The van der Waals surface area contributed by atoms with Crippen LogP contribution < -0.4 is 0 Å². The average molecular weight is 262 g/mol. The molecule has 0 saturated heterocycles. The van der Waals surface area contributed by atoms with Crippen molar-refractivity contribution in [2.75, 3.05) is 12.9 Å². The van der Waals surface area contributed by atoms with Gasteiger partial charge in [-0.2, -0.15) is 0 Å². The molecule has 0 radical (unpaired) electrons. The molecule has 0 aliphatic heterocycles. The molecule has 1 saturated carbocycles. The third-order valence-corrected chi connectivity index (χ3v) is 5.75. The van der Waals surface area contributed by atoms with E-state index in [0.29, 0.717) is 12.8 Å². The van der Waals surface area contributed by atoms with Crippen molar-refractivity contribution in [1.29, 1.82) is 0 Å². The molecule has 5 nitrogen and oxygen atoms in total. The molecule has 0 aromatic heterocycles. The number of carbonyl (C=O) groups is 2. The molecule has 1 unspecified atom stereocenters. The van der Waals surface area contributed by atoms with Crippen LogP contribution in [0.4, 0.5) is 0 Å². The maximum Gasteiger partial charge on any atom is 0.306 e. The van der Waals surface area contributed by atoms with Crippen LogP contribution in [0.15, 0.2) is 0 Å². The summed E-state index contributed by atoms with van der Waals surface area (Å²) in [5, 5.41) is -0.988. The molecule has 0 aromatic carbocycles. The van der Waals surface area contributed by atoms with Gasteiger partial charge in [0.15, 0.2) is 9.84 Å². The fourth-order valence-corrected chi connectivity index (χ4v) is 3.73. The van der Waals surface area contributed by atoms with Crippen molar-refractivity contribution in [3.63, 3.8) is 0 Å². The molecule has 0 heterocycles. The van der Waals surface area contributed by atoms with Crippen molar-refractivity contribution in [2.45, 2.75) is 38.4 Å². The van der Waals surface area contributed by atoms with Gasteiger partial charge in [-0.1, -0.05) is 0 Å². The van der Waals surface area contributed by atoms with E-state index in [1.54, 1.807) is 0 Å². The van der Waals surface area contributed by atoms with Crippen LogP contribution >= 0.6 is 0 Å². The first-order valence-electron chi connectivity index (χ1n) is 5.51. The summed E-state index contributed by atoms with van der Waals surface area (Å²) in [7, 11) is -2.18. The first kappa shape index (κ1) is 14.2. The molecule has 1 aliphatic carbocycles. The van der Waals surface area contributed by atoms with E-state index in [4.69, 9.17) is 0 Å². The number of sulfone groups is 1. The molecular formula is C11H18O5S. The van der Waals surface area contributed by atoms with Gasteiger partial charge in [-0.25, -0.2) is 8.42 Å². The second kappa shape index (κ2) is 4.76. The van der Waals surface area contributed by atoms with E-state index in [0.717, 1.165) is 0 Å². The molecule has 1 aliphatic rings. The maximum absolute atomic E-state index is 11.9. The standard InChI is InChI=1S/C11H18O5S/c1-8(12)9(2)17(14,15)7-11(4-5-11)6-10(13)16-3/h9H,4-7H2,1-3H3. The van der Waals surface area contributed by atoms with Crippen LogP contribution in [0.25, 0.3) is 0 Å². The lowest BCUT2D eigenvalue weighted by atomic mass is 10.1. The highest BCUT2D eigenvalue weighted by Crippen LogP contribution is 2.50. The van der Waals surface area contributed by atoms with E-state index >= 15 is 0 Å². The third kappa shape index (κ3) is 3.52. The Morgan fingerprint density at radius 2 is 1.88 bits per heavy atom. The molecule has 0 bridgehead atoms. The van der Waals surface area contributed by atoms with E-state index in [1.807, 2.05) is 0 Å². The SMILES string of the molecule is COC(=O)CC1(CS(=O)(=O)C(C)C(C)=O)CC1. The van der Waals surface area contributed by atoms with Crippen molar-refractivity contribution >= 4 is 21.6 Å². The molecular weight excluding hydrogens is 244 g/mol. The van der Waals surface area contributed by atoms with Crippen molar-refractivity contribution < 1.29 is 22.7 Å². The molecule has 0 spiro atoms. The minimum absolute atomic E-state index is 0.101. The van der Waals surface area contributed by atoms with E-state index in [1.165, 1.54) is 21.0 Å². The summed E-state index contributed by atoms with van der Waals surface area (Å²) >= 11 is 0. The van der Waals surface area contributed by atoms with Crippen LogP contribution in [0.5, 0.6) is 0 Å². The van der Waals surface area contributed by atoms with Gasteiger partial charge >= 0.3 is 5.97 Å². The molecule has 6 heteroatoms. The normalized spacial score (nSPS) is 19.5. The van der Waals surface area contributed by atoms with Crippen LogP contribution in [0.3, 0.4) is 0 Å². The number of ether oxygens (including phenoxy) is 1. The van der Waals surface area contributed by atoms with Crippen molar-refractivity contribution in [1.82, 2.24) is 0 Å². The fraction of sp³-hybridized carbons (Fsp3) is 0.818. The lowest BCUT2D eigenvalue weighted by Gasteiger charge is -2.16. The molecule has 1 rings (SSSR count). The Morgan fingerprint density at radius 1 is 1.35 bits per heavy atom. The number of rotatable bonds is 6. The highest BCUT2D eigenvalue weighted by Gasteiger charge is 2.49. The summed E-state index contributed by atoms with van der Waals surface area (Å²) in [4.78, 5) is 22.3.